The van der Waals surface area contributed by atoms with Crippen molar-refractivity contribution < 1.29 is 9.59 Å². The van der Waals surface area contributed by atoms with Gasteiger partial charge in [0.15, 0.2) is 0 Å². The Kier molecular flexibility index (Phi) is 25.6. The lowest BCUT2D eigenvalue weighted by atomic mass is 10.0. The van der Waals surface area contributed by atoms with Gasteiger partial charge in [-0.25, -0.2) is 0 Å². The summed E-state index contributed by atoms with van der Waals surface area (Å²) in [5.41, 5.74) is 0. The molecule has 0 aromatic heterocycles. The fourth-order valence-electron chi connectivity index (χ4n) is 4.29. The van der Waals surface area contributed by atoms with Gasteiger partial charge in [0.05, 0.1) is 0 Å². The molecule has 0 N–H and O–H groups in total. The second-order valence-corrected chi connectivity index (χ2v) is 9.99. The first-order chi connectivity index (χ1) is 15.2. The van der Waals surface area contributed by atoms with E-state index in [0.29, 0.717) is 12.2 Å². The van der Waals surface area contributed by atoms with Gasteiger partial charge in [-0.1, -0.05) is 129 Å². The van der Waals surface area contributed by atoms with Crippen LogP contribution in [0.3, 0.4) is 0 Å². The molecule has 0 saturated carbocycles. The first-order valence-electron chi connectivity index (χ1n) is 13.9. The molecular weight excluding hydrogens is 404 g/mol. The van der Waals surface area contributed by atoms with Crippen molar-refractivity contribution in [3.05, 3.63) is 0 Å². The van der Waals surface area contributed by atoms with Gasteiger partial charge < -0.3 is 0 Å². The van der Waals surface area contributed by atoms with Crippen molar-refractivity contribution in [2.45, 2.75) is 167 Å². The maximum Gasteiger partial charge on any atom is 0.221 e. The van der Waals surface area contributed by atoms with Gasteiger partial charge in [0.1, 0.15) is 5.78 Å². The minimum absolute atomic E-state index is 0.198. The highest BCUT2D eigenvalue weighted by molar-refractivity contribution is 6.63. The van der Waals surface area contributed by atoms with Crippen LogP contribution in [0.4, 0.5) is 0 Å². The molecule has 0 rings (SSSR count). The summed E-state index contributed by atoms with van der Waals surface area (Å²) in [7, 11) is 0. The van der Waals surface area contributed by atoms with Crippen LogP contribution in [0, 0.1) is 0 Å². The third kappa shape index (κ3) is 27.6. The highest BCUT2D eigenvalue weighted by atomic mass is 35.5. The van der Waals surface area contributed by atoms with Crippen molar-refractivity contribution >= 4 is 22.6 Å². The topological polar surface area (TPSA) is 34.1 Å². The predicted octanol–water partition coefficient (Wildman–Crippen LogP) is 10.1. The van der Waals surface area contributed by atoms with Crippen molar-refractivity contribution in [1.29, 1.82) is 0 Å². The van der Waals surface area contributed by atoms with E-state index >= 15 is 0 Å². The van der Waals surface area contributed by atoms with Crippen molar-refractivity contribution in [3.8, 4) is 0 Å². The molecule has 0 amide bonds. The molecule has 0 unspecified atom stereocenters. The Bertz CT molecular complexity index is 394. The lowest BCUT2D eigenvalue weighted by Gasteiger charge is -2.04. The largest absolute Gasteiger partial charge is 0.300 e. The van der Waals surface area contributed by atoms with Crippen LogP contribution < -0.4 is 0 Å². The van der Waals surface area contributed by atoms with E-state index in [2.05, 4.69) is 6.92 Å². The van der Waals surface area contributed by atoms with Crippen molar-refractivity contribution in [1.82, 2.24) is 0 Å². The molecule has 0 bridgehead atoms. The number of ketones is 1. The SMILES string of the molecule is CCCCCCCCCCCCCC(=O)CCCCCCCCCCCCCC(=O)Cl. The molecule has 0 spiro atoms. The Balaban J connectivity index is 3.16. The number of carbonyl (C=O) groups excluding carboxylic acids is 2. The molecule has 0 aliphatic heterocycles. The zero-order valence-corrected chi connectivity index (χ0v) is 21.6. The van der Waals surface area contributed by atoms with Gasteiger partial charge in [-0.3, -0.25) is 9.59 Å². The molecule has 0 radical (unpaired) electrons. The van der Waals surface area contributed by atoms with E-state index in [1.807, 2.05) is 0 Å². The van der Waals surface area contributed by atoms with Gasteiger partial charge in [-0.15, -0.1) is 0 Å². The van der Waals surface area contributed by atoms with E-state index in [-0.39, 0.29) is 5.24 Å². The molecular formula is C28H53ClO2. The van der Waals surface area contributed by atoms with Crippen LogP contribution >= 0.6 is 11.6 Å². The van der Waals surface area contributed by atoms with Crippen LogP contribution in [0.2, 0.25) is 0 Å². The van der Waals surface area contributed by atoms with Crippen molar-refractivity contribution in [2.75, 3.05) is 0 Å². The first-order valence-corrected chi connectivity index (χ1v) is 14.2. The number of unbranched alkanes of at least 4 members (excludes halogenated alkanes) is 20. The summed E-state index contributed by atoms with van der Waals surface area (Å²) in [6.45, 7) is 2.27. The Morgan fingerprint density at radius 2 is 0.677 bits per heavy atom. The molecule has 184 valence electrons. The molecule has 3 heteroatoms. The zero-order chi connectivity index (χ0) is 22.8. The van der Waals surface area contributed by atoms with Crippen LogP contribution in [0.5, 0.6) is 0 Å². The maximum atomic E-state index is 12.0. The number of rotatable bonds is 26. The van der Waals surface area contributed by atoms with E-state index in [1.165, 1.54) is 116 Å². The van der Waals surface area contributed by atoms with Gasteiger partial charge >= 0.3 is 0 Å². The minimum atomic E-state index is -0.198. The highest BCUT2D eigenvalue weighted by Crippen LogP contribution is 2.15. The molecule has 0 fully saturated rings. The predicted molar refractivity (Wildman–Crippen MR) is 137 cm³/mol. The standard InChI is InChI=1S/C28H53ClO2/c1-2-3-4-5-6-7-9-12-15-18-21-24-27(30)25-22-19-16-13-10-8-11-14-17-20-23-26-28(29)31/h2-26H2,1H3. The zero-order valence-electron chi connectivity index (χ0n) is 20.9. The van der Waals surface area contributed by atoms with Crippen molar-refractivity contribution in [3.63, 3.8) is 0 Å². The van der Waals surface area contributed by atoms with Crippen molar-refractivity contribution in [2.24, 2.45) is 0 Å². The third-order valence-electron chi connectivity index (χ3n) is 6.39. The van der Waals surface area contributed by atoms with Crippen LogP contribution in [0.25, 0.3) is 0 Å². The normalized spacial score (nSPS) is 11.2. The first kappa shape index (κ1) is 30.6. The summed E-state index contributed by atoms with van der Waals surface area (Å²) in [5.74, 6) is 0.492. The summed E-state index contributed by atoms with van der Waals surface area (Å²) in [5, 5.41) is -0.198. The Morgan fingerprint density at radius 1 is 0.419 bits per heavy atom. The molecule has 0 aromatic carbocycles. The Hall–Kier alpha value is -0.370. The summed E-state index contributed by atoms with van der Waals surface area (Å²) < 4.78 is 0. The van der Waals surface area contributed by atoms with E-state index in [4.69, 9.17) is 11.6 Å². The number of hydrogen-bond donors (Lipinski definition) is 0. The summed E-state index contributed by atoms with van der Waals surface area (Å²) in [4.78, 5) is 22.6. The van der Waals surface area contributed by atoms with E-state index in [0.717, 1.165) is 38.5 Å². The number of hydrogen-bond acceptors (Lipinski definition) is 2. The quantitative estimate of drug-likeness (QED) is 0.0957. The number of Topliss-reactive ketones (excluding diaryl/α,β-unsaturated/α-hetero) is 1. The molecule has 0 atom stereocenters. The van der Waals surface area contributed by atoms with Crippen LogP contribution in [0.1, 0.15) is 167 Å². The van der Waals surface area contributed by atoms with E-state index in [1.54, 1.807) is 0 Å². The van der Waals surface area contributed by atoms with Crippen LogP contribution in [-0.2, 0) is 9.59 Å². The smallest absolute Gasteiger partial charge is 0.221 e. The van der Waals surface area contributed by atoms with E-state index < -0.39 is 0 Å². The second-order valence-electron chi connectivity index (χ2n) is 9.57. The average molecular weight is 457 g/mol. The summed E-state index contributed by atoms with van der Waals surface area (Å²) in [6, 6.07) is 0. The van der Waals surface area contributed by atoms with Gasteiger partial charge in [0.2, 0.25) is 5.24 Å². The fourth-order valence-corrected chi connectivity index (χ4v) is 4.42. The molecule has 31 heavy (non-hydrogen) atoms. The minimum Gasteiger partial charge on any atom is -0.300 e. The fraction of sp³-hybridized carbons (Fsp3) is 0.929. The molecule has 0 aliphatic rings. The molecule has 0 saturated heterocycles. The van der Waals surface area contributed by atoms with Crippen LogP contribution in [-0.4, -0.2) is 11.0 Å². The second kappa shape index (κ2) is 25.9. The lowest BCUT2D eigenvalue weighted by molar-refractivity contribution is -0.119. The number of halogens is 1. The summed E-state index contributed by atoms with van der Waals surface area (Å²) in [6.07, 6.45) is 30.4. The molecule has 0 aliphatic carbocycles. The van der Waals surface area contributed by atoms with Crippen LogP contribution in [0.15, 0.2) is 0 Å². The van der Waals surface area contributed by atoms with Gasteiger partial charge in [-0.2, -0.15) is 0 Å². The van der Waals surface area contributed by atoms with Gasteiger partial charge in [-0.05, 0) is 30.9 Å². The molecule has 0 aromatic rings. The van der Waals surface area contributed by atoms with Gasteiger partial charge in [0, 0.05) is 19.3 Å². The van der Waals surface area contributed by atoms with E-state index in [9.17, 15) is 9.59 Å². The number of carbonyl (C=O) groups is 2. The summed E-state index contributed by atoms with van der Waals surface area (Å²) >= 11 is 5.33. The average Bonchev–Trinajstić information content (AvgIpc) is 2.75. The monoisotopic (exact) mass is 456 g/mol. The van der Waals surface area contributed by atoms with Gasteiger partial charge in [0.25, 0.3) is 0 Å². The molecule has 0 heterocycles. The lowest BCUT2D eigenvalue weighted by Crippen LogP contribution is -1.97. The highest BCUT2D eigenvalue weighted by Gasteiger charge is 2.02. The third-order valence-corrected chi connectivity index (χ3v) is 6.58. The maximum absolute atomic E-state index is 12.0. The Labute approximate surface area is 199 Å². The Morgan fingerprint density at radius 3 is 0.968 bits per heavy atom. The molecule has 2 nitrogen and oxygen atoms in total.